The van der Waals surface area contributed by atoms with Crippen LogP contribution in [0.1, 0.15) is 31.2 Å². The number of aliphatic hydroxyl groups is 1. The Kier molecular flexibility index (Phi) is 6.82. The number of fused-ring (bicyclic) bond motifs is 1. The van der Waals surface area contributed by atoms with Gasteiger partial charge in [-0.25, -0.2) is 0 Å². The Hall–Kier alpha value is -3.23. The molecule has 2 heterocycles. The molecule has 32 heavy (non-hydrogen) atoms. The molecule has 2 aliphatic rings. The maximum atomic E-state index is 13.0. The molecule has 2 aromatic carbocycles. The second-order valence-corrected chi connectivity index (χ2v) is 7.61. The van der Waals surface area contributed by atoms with E-state index in [2.05, 4.69) is 5.32 Å². The second-order valence-electron chi connectivity index (χ2n) is 7.61. The number of anilines is 1. The van der Waals surface area contributed by atoms with Gasteiger partial charge < -0.3 is 34.5 Å². The Balaban J connectivity index is 1.68. The van der Waals surface area contributed by atoms with Crippen molar-refractivity contribution < 1.29 is 34.0 Å². The van der Waals surface area contributed by atoms with Gasteiger partial charge in [0.05, 0.1) is 5.69 Å². The van der Waals surface area contributed by atoms with E-state index in [1.807, 2.05) is 25.1 Å². The van der Waals surface area contributed by atoms with Crippen LogP contribution in [0.4, 0.5) is 5.69 Å². The summed E-state index contributed by atoms with van der Waals surface area (Å²) in [5.74, 6) is 0.576. The number of aromatic hydroxyl groups is 1. The molecule has 0 saturated heterocycles. The number of phenolic OH excluding ortho intramolecular Hbond substituents is 1. The van der Waals surface area contributed by atoms with Gasteiger partial charge in [-0.3, -0.25) is 4.79 Å². The highest BCUT2D eigenvalue weighted by atomic mass is 16.7. The highest BCUT2D eigenvalue weighted by Crippen LogP contribution is 2.43. The van der Waals surface area contributed by atoms with Crippen LogP contribution >= 0.6 is 0 Å². The Morgan fingerprint density at radius 3 is 2.78 bits per heavy atom. The number of aliphatic hydroxyl groups excluding tert-OH is 1. The summed E-state index contributed by atoms with van der Waals surface area (Å²) >= 11 is 0. The first-order chi connectivity index (χ1) is 15.6. The Morgan fingerprint density at radius 1 is 1.19 bits per heavy atom. The minimum absolute atomic E-state index is 0.0354. The minimum Gasteiger partial charge on any atom is -0.506 e. The van der Waals surface area contributed by atoms with Gasteiger partial charge in [0.15, 0.2) is 17.3 Å². The quantitative estimate of drug-likeness (QED) is 0.538. The van der Waals surface area contributed by atoms with E-state index in [-0.39, 0.29) is 42.4 Å². The second kappa shape index (κ2) is 9.93. The lowest BCUT2D eigenvalue weighted by atomic mass is 9.80. The standard InChI is InChI=1S/C24H27NO7/c1-2-29-24-16(6-5-11-26)17(15-9-10-20-21(12-15)31-14-30-20)13-22(32-24)23(28)25-18-7-3-4-8-19(18)27/h3-4,7-10,12-13,16-17,24,26-27H,2,5-6,11,14H2,1H3,(H,25,28). The monoisotopic (exact) mass is 441 g/mol. The van der Waals surface area contributed by atoms with Crippen LogP contribution in [0.25, 0.3) is 0 Å². The molecule has 1 amide bonds. The van der Waals surface area contributed by atoms with Crippen LogP contribution in [0.5, 0.6) is 17.2 Å². The maximum absolute atomic E-state index is 13.0. The van der Waals surface area contributed by atoms with E-state index in [1.54, 1.807) is 24.3 Å². The highest BCUT2D eigenvalue weighted by Gasteiger charge is 2.38. The third-order valence-electron chi connectivity index (χ3n) is 5.57. The number of ether oxygens (including phenoxy) is 4. The van der Waals surface area contributed by atoms with Crippen molar-refractivity contribution in [2.24, 2.45) is 5.92 Å². The molecule has 0 spiro atoms. The molecular weight excluding hydrogens is 414 g/mol. The number of allylic oxidation sites excluding steroid dienone is 1. The zero-order valence-corrected chi connectivity index (χ0v) is 17.8. The fraction of sp³-hybridized carbons (Fsp3) is 0.375. The number of phenols is 1. The van der Waals surface area contributed by atoms with Gasteiger partial charge in [0.25, 0.3) is 5.91 Å². The summed E-state index contributed by atoms with van der Waals surface area (Å²) in [6, 6.07) is 12.2. The topological polar surface area (TPSA) is 106 Å². The summed E-state index contributed by atoms with van der Waals surface area (Å²) in [7, 11) is 0. The van der Waals surface area contributed by atoms with Crippen molar-refractivity contribution in [3.63, 3.8) is 0 Å². The average molecular weight is 441 g/mol. The molecule has 8 nitrogen and oxygen atoms in total. The molecule has 3 atom stereocenters. The molecular formula is C24H27NO7. The van der Waals surface area contributed by atoms with Crippen molar-refractivity contribution in [3.05, 3.63) is 59.9 Å². The molecule has 8 heteroatoms. The van der Waals surface area contributed by atoms with E-state index < -0.39 is 12.2 Å². The summed E-state index contributed by atoms with van der Waals surface area (Å²) in [4.78, 5) is 13.0. The lowest BCUT2D eigenvalue weighted by Gasteiger charge is -2.37. The van der Waals surface area contributed by atoms with E-state index >= 15 is 0 Å². The van der Waals surface area contributed by atoms with Crippen molar-refractivity contribution >= 4 is 11.6 Å². The first-order valence-corrected chi connectivity index (χ1v) is 10.7. The number of benzene rings is 2. The van der Waals surface area contributed by atoms with E-state index in [0.29, 0.717) is 30.9 Å². The molecule has 3 unspecified atom stereocenters. The lowest BCUT2D eigenvalue weighted by Crippen LogP contribution is -2.37. The van der Waals surface area contributed by atoms with Gasteiger partial charge in [-0.1, -0.05) is 18.2 Å². The molecule has 0 saturated carbocycles. The predicted octanol–water partition coefficient (Wildman–Crippen LogP) is 3.51. The first-order valence-electron chi connectivity index (χ1n) is 10.7. The molecule has 2 aliphatic heterocycles. The molecule has 0 bridgehead atoms. The van der Waals surface area contributed by atoms with E-state index in [0.717, 1.165) is 5.56 Å². The van der Waals surface area contributed by atoms with Crippen LogP contribution in [0.2, 0.25) is 0 Å². The van der Waals surface area contributed by atoms with E-state index in [1.165, 1.54) is 6.07 Å². The number of nitrogens with one attached hydrogen (secondary N) is 1. The number of hydrogen-bond donors (Lipinski definition) is 3. The smallest absolute Gasteiger partial charge is 0.290 e. The molecule has 0 fully saturated rings. The predicted molar refractivity (Wildman–Crippen MR) is 116 cm³/mol. The molecule has 4 rings (SSSR count). The van der Waals surface area contributed by atoms with Gasteiger partial charge in [-0.15, -0.1) is 0 Å². The molecule has 0 aliphatic carbocycles. The Bertz CT molecular complexity index is 990. The largest absolute Gasteiger partial charge is 0.506 e. The van der Waals surface area contributed by atoms with Crippen LogP contribution in [0, 0.1) is 5.92 Å². The molecule has 0 aromatic heterocycles. The number of para-hydroxylation sites is 2. The van der Waals surface area contributed by atoms with E-state index in [4.69, 9.17) is 18.9 Å². The maximum Gasteiger partial charge on any atom is 0.290 e. The number of rotatable bonds is 8. The van der Waals surface area contributed by atoms with Crippen molar-refractivity contribution in [1.29, 1.82) is 0 Å². The zero-order chi connectivity index (χ0) is 22.5. The van der Waals surface area contributed by atoms with Crippen LogP contribution in [0.15, 0.2) is 54.3 Å². The van der Waals surface area contributed by atoms with Crippen molar-refractivity contribution in [3.8, 4) is 17.2 Å². The minimum atomic E-state index is -0.669. The fourth-order valence-corrected chi connectivity index (χ4v) is 4.03. The average Bonchev–Trinajstić information content (AvgIpc) is 3.27. The number of carbonyl (C=O) groups is 1. The SMILES string of the molecule is CCOC1OC(C(=O)Nc2ccccc2O)=CC(c2ccc3c(c2)OCO3)C1CCCO. The van der Waals surface area contributed by atoms with Crippen LogP contribution in [-0.2, 0) is 14.3 Å². The van der Waals surface area contributed by atoms with Gasteiger partial charge in [0.2, 0.25) is 13.1 Å². The summed E-state index contributed by atoms with van der Waals surface area (Å²) in [5.41, 5.74) is 1.22. The third-order valence-corrected chi connectivity index (χ3v) is 5.57. The number of hydrogen-bond acceptors (Lipinski definition) is 7. The third kappa shape index (κ3) is 4.66. The number of carbonyl (C=O) groups excluding carboxylic acids is 1. The van der Waals surface area contributed by atoms with Crippen molar-refractivity contribution in [2.75, 3.05) is 25.3 Å². The summed E-state index contributed by atoms with van der Waals surface area (Å²) in [6.45, 7) is 2.49. The van der Waals surface area contributed by atoms with Gasteiger partial charge in [0, 0.05) is 25.0 Å². The van der Waals surface area contributed by atoms with Gasteiger partial charge in [0.1, 0.15) is 5.75 Å². The fourth-order valence-electron chi connectivity index (χ4n) is 4.03. The zero-order valence-electron chi connectivity index (χ0n) is 17.8. The van der Waals surface area contributed by atoms with Crippen molar-refractivity contribution in [2.45, 2.75) is 32.0 Å². The molecule has 170 valence electrons. The van der Waals surface area contributed by atoms with Crippen LogP contribution < -0.4 is 14.8 Å². The molecule has 3 N–H and O–H groups in total. The van der Waals surface area contributed by atoms with Crippen molar-refractivity contribution in [1.82, 2.24) is 0 Å². The summed E-state index contributed by atoms with van der Waals surface area (Å²) < 4.78 is 22.8. The van der Waals surface area contributed by atoms with E-state index in [9.17, 15) is 15.0 Å². The highest BCUT2D eigenvalue weighted by molar-refractivity contribution is 6.03. The van der Waals surface area contributed by atoms with Gasteiger partial charge in [-0.05, 0) is 55.7 Å². The Labute approximate surface area is 186 Å². The van der Waals surface area contributed by atoms with Gasteiger partial charge in [-0.2, -0.15) is 0 Å². The lowest BCUT2D eigenvalue weighted by molar-refractivity contribution is -0.165. The molecule has 0 radical (unpaired) electrons. The van der Waals surface area contributed by atoms with Gasteiger partial charge >= 0.3 is 0 Å². The van der Waals surface area contributed by atoms with Crippen LogP contribution in [-0.4, -0.2) is 42.4 Å². The van der Waals surface area contributed by atoms with Crippen LogP contribution in [0.3, 0.4) is 0 Å². The Morgan fingerprint density at radius 2 is 2.00 bits per heavy atom. The number of amides is 1. The summed E-state index contributed by atoms with van der Waals surface area (Å²) in [5, 5.41) is 22.1. The first kappa shape index (κ1) is 22.0. The normalized spacial score (nSPS) is 21.6. The molecule has 2 aromatic rings. The summed E-state index contributed by atoms with van der Waals surface area (Å²) in [6.07, 6.45) is 2.32.